The molecule has 0 saturated carbocycles. The zero-order chi connectivity index (χ0) is 12.5. The quantitative estimate of drug-likeness (QED) is 0.352. The minimum atomic E-state index is -1.45. The molecule has 86 valence electrons. The molecule has 0 aliphatic rings. The summed E-state index contributed by atoms with van der Waals surface area (Å²) < 4.78 is 0. The molecule has 1 atom stereocenters. The number of nitrogens with two attached hydrogens (primary N) is 2. The van der Waals surface area contributed by atoms with Gasteiger partial charge in [-0.05, 0) is 12.1 Å². The molecule has 1 aromatic carbocycles. The van der Waals surface area contributed by atoms with Crippen molar-refractivity contribution in [1.29, 1.82) is 0 Å². The van der Waals surface area contributed by atoms with Crippen molar-refractivity contribution < 1.29 is 24.9 Å². The highest BCUT2D eigenvalue weighted by Crippen LogP contribution is 2.28. The van der Waals surface area contributed by atoms with Crippen LogP contribution in [0.15, 0.2) is 12.1 Å². The summed E-state index contributed by atoms with van der Waals surface area (Å²) in [5.74, 6) is -3.18. The Balaban J connectivity index is 3.31. The molecule has 7 nitrogen and oxygen atoms in total. The number of nitrogen functional groups attached to an aromatic ring is 1. The standard InChI is InChI=1S/C9H10N2O5/c10-5-1-4(7(11)9(15)16)6(12)2-3(5)8(13)14/h1-2,7,12H,10-11H2,(H,13,14)(H,15,16)/t7-/m1/s1. The van der Waals surface area contributed by atoms with Gasteiger partial charge in [-0.1, -0.05) is 0 Å². The summed E-state index contributed by atoms with van der Waals surface area (Å²) in [6.07, 6.45) is 0. The van der Waals surface area contributed by atoms with Crippen LogP contribution in [0.25, 0.3) is 0 Å². The van der Waals surface area contributed by atoms with Gasteiger partial charge in [0.2, 0.25) is 0 Å². The molecule has 0 saturated heterocycles. The molecule has 16 heavy (non-hydrogen) atoms. The van der Waals surface area contributed by atoms with E-state index in [-0.39, 0.29) is 16.8 Å². The predicted octanol–water partition coefficient (Wildman–Crippen LogP) is -0.243. The molecular weight excluding hydrogens is 216 g/mol. The number of anilines is 1. The minimum absolute atomic E-state index is 0.130. The van der Waals surface area contributed by atoms with Crippen LogP contribution in [-0.2, 0) is 4.79 Å². The predicted molar refractivity (Wildman–Crippen MR) is 54.0 cm³/mol. The molecule has 0 aromatic heterocycles. The number of hydrogen-bond acceptors (Lipinski definition) is 5. The molecule has 7 heteroatoms. The number of carboxylic acid groups (broad SMARTS) is 2. The van der Waals surface area contributed by atoms with E-state index in [1.54, 1.807) is 0 Å². The van der Waals surface area contributed by atoms with Crippen molar-refractivity contribution in [2.45, 2.75) is 6.04 Å². The van der Waals surface area contributed by atoms with E-state index in [1.807, 2.05) is 0 Å². The lowest BCUT2D eigenvalue weighted by Gasteiger charge is -2.11. The minimum Gasteiger partial charge on any atom is -0.508 e. The molecule has 0 unspecified atom stereocenters. The Morgan fingerprint density at radius 3 is 2.25 bits per heavy atom. The van der Waals surface area contributed by atoms with E-state index >= 15 is 0 Å². The third kappa shape index (κ3) is 2.04. The van der Waals surface area contributed by atoms with E-state index in [9.17, 15) is 14.7 Å². The highest BCUT2D eigenvalue weighted by Gasteiger charge is 2.21. The van der Waals surface area contributed by atoms with Crippen LogP contribution in [0.1, 0.15) is 22.0 Å². The second-order valence-corrected chi connectivity index (χ2v) is 3.12. The van der Waals surface area contributed by atoms with Crippen molar-refractivity contribution in [2.24, 2.45) is 5.73 Å². The number of phenols is 1. The number of aromatic carboxylic acids is 1. The number of carboxylic acids is 2. The van der Waals surface area contributed by atoms with Gasteiger partial charge in [0.15, 0.2) is 0 Å². The van der Waals surface area contributed by atoms with Crippen molar-refractivity contribution >= 4 is 17.6 Å². The zero-order valence-electron chi connectivity index (χ0n) is 8.04. The molecule has 0 amide bonds. The Morgan fingerprint density at radius 2 is 1.81 bits per heavy atom. The van der Waals surface area contributed by atoms with Crippen molar-refractivity contribution in [3.63, 3.8) is 0 Å². The number of carbonyl (C=O) groups is 2. The van der Waals surface area contributed by atoms with Crippen molar-refractivity contribution in [2.75, 3.05) is 5.73 Å². The van der Waals surface area contributed by atoms with Crippen LogP contribution < -0.4 is 11.5 Å². The smallest absolute Gasteiger partial charge is 0.337 e. The van der Waals surface area contributed by atoms with Crippen LogP contribution in [-0.4, -0.2) is 27.3 Å². The maximum absolute atomic E-state index is 10.7. The van der Waals surface area contributed by atoms with E-state index in [1.165, 1.54) is 0 Å². The lowest BCUT2D eigenvalue weighted by atomic mass is 10.0. The molecule has 0 aliphatic carbocycles. The molecule has 0 spiro atoms. The molecule has 0 fully saturated rings. The molecule has 0 heterocycles. The van der Waals surface area contributed by atoms with Gasteiger partial charge in [-0.15, -0.1) is 0 Å². The van der Waals surface area contributed by atoms with Gasteiger partial charge in [0.25, 0.3) is 0 Å². The fraction of sp³-hybridized carbons (Fsp3) is 0.111. The van der Waals surface area contributed by atoms with Crippen LogP contribution in [0.5, 0.6) is 5.75 Å². The van der Waals surface area contributed by atoms with Gasteiger partial charge in [-0.3, -0.25) is 4.79 Å². The summed E-state index contributed by atoms with van der Waals surface area (Å²) in [5, 5.41) is 26.7. The molecular formula is C9H10N2O5. The second kappa shape index (κ2) is 4.07. The van der Waals surface area contributed by atoms with Crippen LogP contribution in [0, 0.1) is 0 Å². The topological polar surface area (TPSA) is 147 Å². The third-order valence-electron chi connectivity index (χ3n) is 2.03. The van der Waals surface area contributed by atoms with Crippen LogP contribution in [0.4, 0.5) is 5.69 Å². The molecule has 1 aromatic rings. The largest absolute Gasteiger partial charge is 0.508 e. The first-order chi connectivity index (χ1) is 7.34. The fourth-order valence-corrected chi connectivity index (χ4v) is 1.19. The number of phenolic OH excluding ortho intramolecular Hbond substituents is 1. The van der Waals surface area contributed by atoms with Crippen molar-refractivity contribution in [3.8, 4) is 5.75 Å². The second-order valence-electron chi connectivity index (χ2n) is 3.12. The van der Waals surface area contributed by atoms with Gasteiger partial charge in [-0.2, -0.15) is 0 Å². The average molecular weight is 226 g/mol. The maximum Gasteiger partial charge on any atom is 0.337 e. The van der Waals surface area contributed by atoms with Gasteiger partial charge >= 0.3 is 11.9 Å². The molecule has 0 bridgehead atoms. The molecule has 0 radical (unpaired) electrons. The number of aromatic hydroxyl groups is 1. The fourth-order valence-electron chi connectivity index (χ4n) is 1.19. The summed E-state index contributed by atoms with van der Waals surface area (Å²) in [5.41, 5.74) is 10.1. The summed E-state index contributed by atoms with van der Waals surface area (Å²) in [6, 6.07) is 0.457. The van der Waals surface area contributed by atoms with Crippen molar-refractivity contribution in [1.82, 2.24) is 0 Å². The Kier molecular flexibility index (Phi) is 3.00. The summed E-state index contributed by atoms with van der Waals surface area (Å²) in [6.45, 7) is 0. The Labute approximate surface area is 89.9 Å². The van der Waals surface area contributed by atoms with E-state index in [4.69, 9.17) is 21.7 Å². The first kappa shape index (κ1) is 11.8. The number of hydrogen-bond donors (Lipinski definition) is 5. The lowest BCUT2D eigenvalue weighted by molar-refractivity contribution is -0.138. The van der Waals surface area contributed by atoms with E-state index in [0.717, 1.165) is 12.1 Å². The first-order valence-electron chi connectivity index (χ1n) is 4.18. The highest BCUT2D eigenvalue weighted by atomic mass is 16.4. The highest BCUT2D eigenvalue weighted by molar-refractivity contribution is 5.94. The Bertz CT molecular complexity index is 457. The van der Waals surface area contributed by atoms with Gasteiger partial charge in [0, 0.05) is 11.3 Å². The van der Waals surface area contributed by atoms with Gasteiger partial charge in [-0.25, -0.2) is 4.79 Å². The Hall–Kier alpha value is -2.28. The molecule has 0 aliphatic heterocycles. The first-order valence-corrected chi connectivity index (χ1v) is 4.18. The maximum atomic E-state index is 10.7. The van der Waals surface area contributed by atoms with Crippen LogP contribution >= 0.6 is 0 Å². The lowest BCUT2D eigenvalue weighted by Crippen LogP contribution is -2.21. The van der Waals surface area contributed by atoms with E-state index < -0.39 is 23.7 Å². The van der Waals surface area contributed by atoms with Crippen LogP contribution in [0.3, 0.4) is 0 Å². The van der Waals surface area contributed by atoms with Crippen LogP contribution in [0.2, 0.25) is 0 Å². The molecule has 1 rings (SSSR count). The van der Waals surface area contributed by atoms with Gasteiger partial charge < -0.3 is 26.8 Å². The normalized spacial score (nSPS) is 12.1. The summed E-state index contributed by atoms with van der Waals surface area (Å²) >= 11 is 0. The van der Waals surface area contributed by atoms with Gasteiger partial charge in [0.05, 0.1) is 5.56 Å². The summed E-state index contributed by atoms with van der Waals surface area (Å²) in [4.78, 5) is 21.2. The van der Waals surface area contributed by atoms with E-state index in [0.29, 0.717) is 0 Å². The monoisotopic (exact) mass is 226 g/mol. The molecule has 7 N–H and O–H groups in total. The number of benzene rings is 1. The SMILES string of the molecule is Nc1cc([C@@H](N)C(=O)O)c(O)cc1C(=O)O. The van der Waals surface area contributed by atoms with Gasteiger partial charge in [0.1, 0.15) is 11.8 Å². The Morgan fingerprint density at radius 1 is 1.25 bits per heavy atom. The van der Waals surface area contributed by atoms with E-state index in [2.05, 4.69) is 0 Å². The summed E-state index contributed by atoms with van der Waals surface area (Å²) in [7, 11) is 0. The van der Waals surface area contributed by atoms with Crippen molar-refractivity contribution in [3.05, 3.63) is 23.3 Å². The zero-order valence-corrected chi connectivity index (χ0v) is 8.04. The number of aliphatic carboxylic acids is 1. The average Bonchev–Trinajstić information content (AvgIpc) is 2.19. The third-order valence-corrected chi connectivity index (χ3v) is 2.03. The number of rotatable bonds is 3.